The SMILES string of the molecule is Cn1ccnc1CCNC(=O)C1CCCNC1. The van der Waals surface area contributed by atoms with E-state index < -0.39 is 0 Å². The number of amides is 1. The predicted octanol–water partition coefficient (Wildman–Crippen LogP) is 0.0784. The summed E-state index contributed by atoms with van der Waals surface area (Å²) >= 11 is 0. The number of rotatable bonds is 4. The highest BCUT2D eigenvalue weighted by Gasteiger charge is 2.20. The molecule has 17 heavy (non-hydrogen) atoms. The van der Waals surface area contributed by atoms with E-state index in [2.05, 4.69) is 15.6 Å². The van der Waals surface area contributed by atoms with Crippen LogP contribution in [0.4, 0.5) is 0 Å². The second kappa shape index (κ2) is 5.82. The first kappa shape index (κ1) is 12.1. The maximum Gasteiger partial charge on any atom is 0.224 e. The molecule has 1 fully saturated rings. The molecule has 0 bridgehead atoms. The molecule has 0 aromatic carbocycles. The molecule has 0 saturated carbocycles. The summed E-state index contributed by atoms with van der Waals surface area (Å²) < 4.78 is 1.98. The predicted molar refractivity (Wildman–Crippen MR) is 65.5 cm³/mol. The lowest BCUT2D eigenvalue weighted by molar-refractivity contribution is -0.125. The number of carbonyl (C=O) groups excluding carboxylic acids is 1. The molecule has 1 aromatic rings. The fraction of sp³-hybridized carbons (Fsp3) is 0.667. The summed E-state index contributed by atoms with van der Waals surface area (Å²) in [5.74, 6) is 1.32. The number of piperidine rings is 1. The second-order valence-electron chi connectivity index (χ2n) is 4.54. The Bertz CT molecular complexity index is 368. The van der Waals surface area contributed by atoms with Gasteiger partial charge in [0.1, 0.15) is 5.82 Å². The van der Waals surface area contributed by atoms with Gasteiger partial charge < -0.3 is 15.2 Å². The third-order valence-electron chi connectivity index (χ3n) is 3.24. The van der Waals surface area contributed by atoms with Gasteiger partial charge in [-0.1, -0.05) is 0 Å². The monoisotopic (exact) mass is 236 g/mol. The van der Waals surface area contributed by atoms with Crippen molar-refractivity contribution < 1.29 is 4.79 Å². The maximum absolute atomic E-state index is 11.8. The Kier molecular flexibility index (Phi) is 4.14. The van der Waals surface area contributed by atoms with E-state index in [9.17, 15) is 4.79 Å². The van der Waals surface area contributed by atoms with E-state index in [0.29, 0.717) is 6.54 Å². The summed E-state index contributed by atoms with van der Waals surface area (Å²) in [4.78, 5) is 16.1. The fourth-order valence-corrected chi connectivity index (χ4v) is 2.15. The average Bonchev–Trinajstić information content (AvgIpc) is 2.76. The van der Waals surface area contributed by atoms with Crippen molar-refractivity contribution in [2.75, 3.05) is 19.6 Å². The molecule has 0 spiro atoms. The van der Waals surface area contributed by atoms with Crippen LogP contribution >= 0.6 is 0 Å². The Morgan fingerprint density at radius 3 is 3.24 bits per heavy atom. The third-order valence-corrected chi connectivity index (χ3v) is 3.24. The quantitative estimate of drug-likeness (QED) is 0.778. The van der Waals surface area contributed by atoms with Gasteiger partial charge in [0.25, 0.3) is 0 Å². The molecule has 1 aliphatic rings. The molecule has 1 unspecified atom stereocenters. The first-order valence-electron chi connectivity index (χ1n) is 6.22. The van der Waals surface area contributed by atoms with Crippen molar-refractivity contribution in [1.82, 2.24) is 20.2 Å². The summed E-state index contributed by atoms with van der Waals surface area (Å²) in [7, 11) is 1.97. The molecule has 94 valence electrons. The van der Waals surface area contributed by atoms with Crippen LogP contribution in [-0.2, 0) is 18.3 Å². The number of carbonyl (C=O) groups is 1. The zero-order valence-corrected chi connectivity index (χ0v) is 10.3. The highest BCUT2D eigenvalue weighted by molar-refractivity contribution is 5.78. The second-order valence-corrected chi connectivity index (χ2v) is 4.54. The lowest BCUT2D eigenvalue weighted by Gasteiger charge is -2.21. The number of hydrogen-bond acceptors (Lipinski definition) is 3. The van der Waals surface area contributed by atoms with Crippen LogP contribution < -0.4 is 10.6 Å². The Labute approximate surface area is 102 Å². The minimum absolute atomic E-state index is 0.144. The van der Waals surface area contributed by atoms with E-state index in [-0.39, 0.29) is 11.8 Å². The van der Waals surface area contributed by atoms with Gasteiger partial charge in [0, 0.05) is 39.0 Å². The van der Waals surface area contributed by atoms with Gasteiger partial charge in [0.05, 0.1) is 5.92 Å². The standard InChI is InChI=1S/C12H20N4O/c1-16-8-7-14-11(16)4-6-15-12(17)10-3-2-5-13-9-10/h7-8,10,13H,2-6,9H2,1H3,(H,15,17). The minimum atomic E-state index is 0.144. The van der Waals surface area contributed by atoms with Crippen LogP contribution in [0.3, 0.4) is 0 Å². The van der Waals surface area contributed by atoms with E-state index >= 15 is 0 Å². The highest BCUT2D eigenvalue weighted by Crippen LogP contribution is 2.09. The molecule has 1 amide bonds. The summed E-state index contributed by atoms with van der Waals surface area (Å²) in [5.41, 5.74) is 0. The highest BCUT2D eigenvalue weighted by atomic mass is 16.1. The van der Waals surface area contributed by atoms with Crippen molar-refractivity contribution in [3.63, 3.8) is 0 Å². The normalized spacial score (nSPS) is 20.2. The van der Waals surface area contributed by atoms with Crippen molar-refractivity contribution in [2.24, 2.45) is 13.0 Å². The Hall–Kier alpha value is -1.36. The van der Waals surface area contributed by atoms with E-state index in [1.165, 1.54) is 0 Å². The number of imidazole rings is 1. The van der Waals surface area contributed by atoms with Gasteiger partial charge in [0.2, 0.25) is 5.91 Å². The van der Waals surface area contributed by atoms with E-state index in [1.54, 1.807) is 6.20 Å². The van der Waals surface area contributed by atoms with Crippen LogP contribution in [0.15, 0.2) is 12.4 Å². The van der Waals surface area contributed by atoms with Gasteiger partial charge in [-0.25, -0.2) is 4.98 Å². The number of hydrogen-bond donors (Lipinski definition) is 2. The topological polar surface area (TPSA) is 59.0 Å². The smallest absolute Gasteiger partial charge is 0.224 e. The fourth-order valence-electron chi connectivity index (χ4n) is 2.15. The molecule has 2 N–H and O–H groups in total. The van der Waals surface area contributed by atoms with E-state index in [0.717, 1.165) is 38.2 Å². The molecular formula is C12H20N4O. The average molecular weight is 236 g/mol. The lowest BCUT2D eigenvalue weighted by atomic mass is 9.99. The van der Waals surface area contributed by atoms with Crippen LogP contribution in [-0.4, -0.2) is 35.1 Å². The Morgan fingerprint density at radius 1 is 1.71 bits per heavy atom. The molecule has 1 saturated heterocycles. The van der Waals surface area contributed by atoms with Crippen molar-refractivity contribution in [3.8, 4) is 0 Å². The molecule has 1 atom stereocenters. The first-order valence-corrected chi connectivity index (χ1v) is 6.22. The summed E-state index contributed by atoms with van der Waals surface area (Å²) in [6, 6.07) is 0. The van der Waals surface area contributed by atoms with Crippen LogP contribution in [0.25, 0.3) is 0 Å². The largest absolute Gasteiger partial charge is 0.355 e. The first-order chi connectivity index (χ1) is 8.27. The Balaban J connectivity index is 1.71. The number of nitrogens with one attached hydrogen (secondary N) is 2. The summed E-state index contributed by atoms with van der Waals surface area (Å²) in [5, 5.41) is 6.24. The molecule has 0 radical (unpaired) electrons. The molecule has 2 heterocycles. The van der Waals surface area contributed by atoms with Crippen LogP contribution in [0.2, 0.25) is 0 Å². The van der Waals surface area contributed by atoms with Gasteiger partial charge >= 0.3 is 0 Å². The lowest BCUT2D eigenvalue weighted by Crippen LogP contribution is -2.41. The van der Waals surface area contributed by atoms with Gasteiger partial charge in [-0.05, 0) is 19.4 Å². The van der Waals surface area contributed by atoms with Crippen molar-refractivity contribution in [3.05, 3.63) is 18.2 Å². The van der Waals surface area contributed by atoms with Crippen molar-refractivity contribution >= 4 is 5.91 Å². The van der Waals surface area contributed by atoms with E-state index in [4.69, 9.17) is 0 Å². The molecule has 1 aliphatic heterocycles. The number of aryl methyl sites for hydroxylation is 1. The molecule has 0 aliphatic carbocycles. The zero-order valence-electron chi connectivity index (χ0n) is 10.3. The number of aromatic nitrogens is 2. The molecular weight excluding hydrogens is 216 g/mol. The Morgan fingerprint density at radius 2 is 2.59 bits per heavy atom. The number of nitrogens with zero attached hydrogens (tertiary/aromatic N) is 2. The summed E-state index contributed by atoms with van der Waals surface area (Å²) in [6.07, 6.45) is 6.58. The van der Waals surface area contributed by atoms with Gasteiger partial charge in [-0.15, -0.1) is 0 Å². The third kappa shape index (κ3) is 3.30. The van der Waals surface area contributed by atoms with Gasteiger partial charge in [-0.2, -0.15) is 0 Å². The van der Waals surface area contributed by atoms with Gasteiger partial charge in [0.15, 0.2) is 0 Å². The minimum Gasteiger partial charge on any atom is -0.355 e. The van der Waals surface area contributed by atoms with Crippen LogP contribution in [0, 0.1) is 5.92 Å². The molecule has 1 aromatic heterocycles. The molecule has 5 nitrogen and oxygen atoms in total. The maximum atomic E-state index is 11.8. The van der Waals surface area contributed by atoms with Crippen molar-refractivity contribution in [2.45, 2.75) is 19.3 Å². The van der Waals surface area contributed by atoms with Gasteiger partial charge in [-0.3, -0.25) is 4.79 Å². The molecule has 5 heteroatoms. The zero-order chi connectivity index (χ0) is 12.1. The molecule has 2 rings (SSSR count). The van der Waals surface area contributed by atoms with Crippen LogP contribution in [0.1, 0.15) is 18.7 Å². The van der Waals surface area contributed by atoms with Crippen LogP contribution in [0.5, 0.6) is 0 Å². The summed E-state index contributed by atoms with van der Waals surface area (Å²) in [6.45, 7) is 2.52. The van der Waals surface area contributed by atoms with E-state index in [1.807, 2.05) is 17.8 Å². The van der Waals surface area contributed by atoms with Crippen molar-refractivity contribution in [1.29, 1.82) is 0 Å².